The summed E-state index contributed by atoms with van der Waals surface area (Å²) in [4.78, 5) is 0. The van der Waals surface area contributed by atoms with Gasteiger partial charge in [-0.15, -0.1) is 0 Å². The van der Waals surface area contributed by atoms with Crippen molar-refractivity contribution in [2.75, 3.05) is 5.75 Å². The third-order valence-corrected chi connectivity index (χ3v) is 6.64. The largest absolute Gasteiger partial charge is 0.179 e. The van der Waals surface area contributed by atoms with Gasteiger partial charge in [-0.05, 0) is 87.7 Å². The molecule has 1 heteroatoms. The van der Waals surface area contributed by atoms with E-state index in [0.29, 0.717) is 0 Å². The molecule has 0 heterocycles. The van der Waals surface area contributed by atoms with E-state index in [1.807, 2.05) is 0 Å². The quantitative estimate of drug-likeness (QED) is 0.398. The van der Waals surface area contributed by atoms with Gasteiger partial charge in [0.05, 0.1) is 0 Å². The van der Waals surface area contributed by atoms with Gasteiger partial charge in [-0.25, -0.2) is 0 Å². The van der Waals surface area contributed by atoms with Crippen LogP contribution in [0.2, 0.25) is 0 Å². The molecule has 2 aliphatic rings. The van der Waals surface area contributed by atoms with E-state index in [0.717, 1.165) is 35.3 Å². The number of rotatable bonds is 3. The minimum atomic E-state index is 0. The Morgan fingerprint density at radius 3 is 2.35 bits per heavy atom. The van der Waals surface area contributed by atoms with Crippen LogP contribution in [-0.4, -0.2) is 5.75 Å². The lowest BCUT2D eigenvalue weighted by Gasteiger charge is -2.32. The van der Waals surface area contributed by atoms with Gasteiger partial charge in [-0.3, -0.25) is 0 Å². The summed E-state index contributed by atoms with van der Waals surface area (Å²) >= 11 is 4.33. The number of hydrogen-bond acceptors (Lipinski definition) is 1. The summed E-state index contributed by atoms with van der Waals surface area (Å²) in [7, 11) is 0. The Balaban J connectivity index is 0.000000403. The molecule has 2 rings (SSSR count). The standard InChI is InChI=1S/C11H20.C10H18S.CH4/c1-8(2)11-6-5-9(3)10(4)7-11;1-8-3-5-10(6-4-8)9(2)7-11;/h9-11H,1,5-7H2,2-4H3;3,9-11H,4-7H2,1-2H3;1H4. The van der Waals surface area contributed by atoms with Crippen LogP contribution in [-0.2, 0) is 0 Å². The molecule has 5 unspecified atom stereocenters. The van der Waals surface area contributed by atoms with Gasteiger partial charge in [0, 0.05) is 0 Å². The van der Waals surface area contributed by atoms with Crippen molar-refractivity contribution < 1.29 is 0 Å². The fourth-order valence-electron chi connectivity index (χ4n) is 3.65. The average molecular weight is 339 g/mol. The molecule has 0 saturated heterocycles. The second kappa shape index (κ2) is 11.4. The van der Waals surface area contributed by atoms with Gasteiger partial charge in [0.25, 0.3) is 0 Å². The van der Waals surface area contributed by atoms with E-state index >= 15 is 0 Å². The van der Waals surface area contributed by atoms with Gasteiger partial charge in [0.1, 0.15) is 0 Å². The second-order valence-electron chi connectivity index (χ2n) is 8.06. The molecule has 0 nitrogen and oxygen atoms in total. The van der Waals surface area contributed by atoms with Crippen molar-refractivity contribution in [1.29, 1.82) is 0 Å². The molecule has 0 aromatic carbocycles. The third-order valence-electron chi connectivity index (χ3n) is 6.07. The lowest BCUT2D eigenvalue weighted by molar-refractivity contribution is 0.230. The molecule has 1 saturated carbocycles. The molecule has 1 fully saturated rings. The van der Waals surface area contributed by atoms with E-state index < -0.39 is 0 Å². The summed E-state index contributed by atoms with van der Waals surface area (Å²) in [6.07, 6.45) is 10.5. The highest BCUT2D eigenvalue weighted by atomic mass is 32.1. The number of thiol groups is 1. The summed E-state index contributed by atoms with van der Waals surface area (Å²) in [6, 6.07) is 0. The first-order valence-electron chi connectivity index (χ1n) is 9.27. The van der Waals surface area contributed by atoms with Crippen molar-refractivity contribution >= 4 is 12.6 Å². The predicted octanol–water partition coefficient (Wildman–Crippen LogP) is 7.57. The van der Waals surface area contributed by atoms with Crippen LogP contribution in [0.4, 0.5) is 0 Å². The molecule has 0 aromatic heterocycles. The highest BCUT2D eigenvalue weighted by molar-refractivity contribution is 7.80. The molecule has 0 spiro atoms. The SMILES string of the molecule is C.C=C(C)C1CCC(C)C(C)C1.CC1=CCC(C(C)CS)CC1. The van der Waals surface area contributed by atoms with E-state index in [2.05, 4.69) is 59.9 Å². The van der Waals surface area contributed by atoms with Gasteiger partial charge in [-0.1, -0.05) is 52.0 Å². The highest BCUT2D eigenvalue weighted by Gasteiger charge is 2.24. The van der Waals surface area contributed by atoms with E-state index in [4.69, 9.17) is 0 Å². The first-order chi connectivity index (χ1) is 10.3. The van der Waals surface area contributed by atoms with Gasteiger partial charge in [-0.2, -0.15) is 12.6 Å². The normalized spacial score (nSPS) is 31.8. The molecule has 23 heavy (non-hydrogen) atoms. The molecule has 0 amide bonds. The Bertz CT molecular complexity index is 368. The van der Waals surface area contributed by atoms with Crippen LogP contribution in [0.1, 0.15) is 80.6 Å². The topological polar surface area (TPSA) is 0 Å². The molecule has 0 aromatic rings. The maximum atomic E-state index is 4.33. The fourth-order valence-corrected chi connectivity index (χ4v) is 3.94. The minimum absolute atomic E-state index is 0. The zero-order chi connectivity index (χ0) is 16.7. The molecular weight excluding hydrogens is 296 g/mol. The summed E-state index contributed by atoms with van der Waals surface area (Å²) in [6.45, 7) is 15.5. The molecule has 0 N–H and O–H groups in total. The van der Waals surface area contributed by atoms with E-state index in [-0.39, 0.29) is 7.43 Å². The summed E-state index contributed by atoms with van der Waals surface area (Å²) in [5.74, 6) is 5.40. The molecule has 5 atom stereocenters. The minimum Gasteiger partial charge on any atom is -0.179 e. The second-order valence-corrected chi connectivity index (χ2v) is 8.42. The van der Waals surface area contributed by atoms with Gasteiger partial charge < -0.3 is 0 Å². The van der Waals surface area contributed by atoms with Crippen LogP contribution in [0.3, 0.4) is 0 Å². The number of allylic oxidation sites excluding steroid dienone is 3. The van der Waals surface area contributed by atoms with Gasteiger partial charge in [0.15, 0.2) is 0 Å². The van der Waals surface area contributed by atoms with Gasteiger partial charge >= 0.3 is 0 Å². The zero-order valence-corrected chi connectivity index (χ0v) is 16.5. The molecule has 2 aliphatic carbocycles. The van der Waals surface area contributed by atoms with Crippen molar-refractivity contribution in [3.63, 3.8) is 0 Å². The monoisotopic (exact) mass is 338 g/mol. The number of hydrogen-bond donors (Lipinski definition) is 1. The smallest absolute Gasteiger partial charge is 0.00694 e. The Hall–Kier alpha value is -0.170. The lowest BCUT2D eigenvalue weighted by atomic mass is 9.74. The van der Waals surface area contributed by atoms with Crippen LogP contribution in [0.25, 0.3) is 0 Å². The van der Waals surface area contributed by atoms with Crippen LogP contribution in [0, 0.1) is 29.6 Å². The Morgan fingerprint density at radius 2 is 1.91 bits per heavy atom. The maximum Gasteiger partial charge on any atom is -0.00694 e. The summed E-state index contributed by atoms with van der Waals surface area (Å²) < 4.78 is 0. The summed E-state index contributed by atoms with van der Waals surface area (Å²) in [5.41, 5.74) is 2.97. The van der Waals surface area contributed by atoms with Crippen molar-refractivity contribution in [3.8, 4) is 0 Å². The summed E-state index contributed by atoms with van der Waals surface area (Å²) in [5, 5.41) is 0. The molecule has 136 valence electrons. The Labute approximate surface area is 152 Å². The Morgan fingerprint density at radius 1 is 1.26 bits per heavy atom. The highest BCUT2D eigenvalue weighted by Crippen LogP contribution is 2.36. The Kier molecular flexibility index (Phi) is 11.3. The molecule has 0 radical (unpaired) electrons. The third kappa shape index (κ3) is 7.96. The van der Waals surface area contributed by atoms with Crippen LogP contribution < -0.4 is 0 Å². The van der Waals surface area contributed by atoms with Crippen molar-refractivity contribution in [2.45, 2.75) is 80.6 Å². The first kappa shape index (κ1) is 22.8. The fraction of sp³-hybridized carbons (Fsp3) is 0.818. The van der Waals surface area contributed by atoms with Crippen LogP contribution >= 0.6 is 12.6 Å². The lowest BCUT2D eigenvalue weighted by Crippen LogP contribution is -2.20. The maximum absolute atomic E-state index is 4.33. The van der Waals surface area contributed by atoms with Crippen molar-refractivity contribution in [1.82, 2.24) is 0 Å². The van der Waals surface area contributed by atoms with Crippen LogP contribution in [0.5, 0.6) is 0 Å². The van der Waals surface area contributed by atoms with Crippen molar-refractivity contribution in [2.24, 2.45) is 29.6 Å². The molecule has 0 aliphatic heterocycles. The van der Waals surface area contributed by atoms with E-state index in [9.17, 15) is 0 Å². The van der Waals surface area contributed by atoms with Gasteiger partial charge in [0.2, 0.25) is 0 Å². The van der Waals surface area contributed by atoms with E-state index in [1.54, 1.807) is 5.57 Å². The van der Waals surface area contributed by atoms with E-state index in [1.165, 1.54) is 44.1 Å². The van der Waals surface area contributed by atoms with Crippen molar-refractivity contribution in [3.05, 3.63) is 23.8 Å². The molecule has 0 bridgehead atoms. The average Bonchev–Trinajstić information content (AvgIpc) is 2.50. The zero-order valence-electron chi connectivity index (χ0n) is 15.6. The molecular formula is C22H42S. The van der Waals surface area contributed by atoms with Crippen LogP contribution in [0.15, 0.2) is 23.8 Å². The first-order valence-corrected chi connectivity index (χ1v) is 9.90. The predicted molar refractivity (Wildman–Crippen MR) is 111 cm³/mol.